The fraction of sp³-hybridized carbons (Fsp3) is 0.429. The van der Waals surface area contributed by atoms with Gasteiger partial charge in [-0.3, -0.25) is 0 Å². The van der Waals surface area contributed by atoms with Crippen LogP contribution in [0.25, 0.3) is 0 Å². The molecule has 0 saturated carbocycles. The van der Waals surface area contributed by atoms with Crippen molar-refractivity contribution in [2.75, 3.05) is 7.05 Å². The number of hydrogen-bond acceptors (Lipinski definition) is 4. The zero-order chi connectivity index (χ0) is 14.5. The van der Waals surface area contributed by atoms with Gasteiger partial charge in [-0.2, -0.15) is 0 Å². The molecular formula is C14H17BrFN3S. The number of hydrogen-bond donors (Lipinski definition) is 1. The Hall–Kier alpha value is -0.850. The van der Waals surface area contributed by atoms with Crippen molar-refractivity contribution in [3.05, 3.63) is 44.6 Å². The van der Waals surface area contributed by atoms with Crippen LogP contribution in [0.5, 0.6) is 0 Å². The van der Waals surface area contributed by atoms with E-state index in [1.807, 2.05) is 13.1 Å². The van der Waals surface area contributed by atoms with Crippen LogP contribution in [0.2, 0.25) is 0 Å². The van der Waals surface area contributed by atoms with Crippen LogP contribution in [0.15, 0.2) is 22.7 Å². The highest BCUT2D eigenvalue weighted by Crippen LogP contribution is 2.26. The molecule has 0 aliphatic heterocycles. The summed E-state index contributed by atoms with van der Waals surface area (Å²) >= 11 is 4.75. The average molecular weight is 358 g/mol. The Bertz CT molecular complexity index is 553. The fourth-order valence-corrected chi connectivity index (χ4v) is 3.50. The summed E-state index contributed by atoms with van der Waals surface area (Å²) in [7, 11) is 1.91. The van der Waals surface area contributed by atoms with Crippen LogP contribution in [-0.4, -0.2) is 16.6 Å². The molecule has 0 bridgehead atoms. The molecule has 1 aromatic carbocycles. The van der Waals surface area contributed by atoms with Gasteiger partial charge < -0.3 is 5.32 Å². The van der Waals surface area contributed by atoms with Crippen molar-refractivity contribution >= 4 is 27.5 Å². The second-order valence-corrected chi connectivity index (χ2v) is 6.36. The van der Waals surface area contributed by atoms with Gasteiger partial charge in [-0.05, 0) is 55.2 Å². The molecule has 20 heavy (non-hydrogen) atoms. The lowest BCUT2D eigenvalue weighted by atomic mass is 10.0. The number of aryl methyl sites for hydroxylation is 1. The third kappa shape index (κ3) is 3.84. The first-order chi connectivity index (χ1) is 9.63. The van der Waals surface area contributed by atoms with Crippen LogP contribution in [0.4, 0.5) is 4.39 Å². The topological polar surface area (TPSA) is 37.8 Å². The average Bonchev–Trinajstić information content (AvgIpc) is 2.83. The van der Waals surface area contributed by atoms with Crippen LogP contribution in [-0.2, 0) is 12.8 Å². The predicted molar refractivity (Wildman–Crippen MR) is 83.5 cm³/mol. The molecule has 6 heteroatoms. The number of aromatic nitrogens is 2. The summed E-state index contributed by atoms with van der Waals surface area (Å²) in [5, 5.41) is 7.48. The molecule has 0 aliphatic rings. The number of benzene rings is 1. The van der Waals surface area contributed by atoms with Crippen molar-refractivity contribution < 1.29 is 4.39 Å². The summed E-state index contributed by atoms with van der Waals surface area (Å²) < 4.78 is 18.3. The van der Waals surface area contributed by atoms with E-state index in [1.54, 1.807) is 6.07 Å². The Balaban J connectivity index is 2.21. The highest BCUT2D eigenvalue weighted by Gasteiger charge is 2.18. The first-order valence-electron chi connectivity index (χ1n) is 6.57. The lowest BCUT2D eigenvalue weighted by Gasteiger charge is -2.15. The maximum absolute atomic E-state index is 13.5. The monoisotopic (exact) mass is 357 g/mol. The largest absolute Gasteiger partial charge is 0.312 e. The van der Waals surface area contributed by atoms with Gasteiger partial charge in [-0.25, -0.2) is 4.39 Å². The van der Waals surface area contributed by atoms with E-state index in [-0.39, 0.29) is 11.9 Å². The minimum atomic E-state index is -0.222. The third-order valence-electron chi connectivity index (χ3n) is 3.10. The standard InChI is InChI=1S/C14H17BrFN3S/c1-3-4-12-14(20-19-18-12)13(17-2)7-9-5-10(15)8-11(16)6-9/h5-6,8,13,17H,3-4,7H2,1-2H3. The first kappa shape index (κ1) is 15.5. The molecule has 1 unspecified atom stereocenters. The summed E-state index contributed by atoms with van der Waals surface area (Å²) in [6.07, 6.45) is 2.69. The molecule has 0 radical (unpaired) electrons. The van der Waals surface area contributed by atoms with Gasteiger partial charge >= 0.3 is 0 Å². The predicted octanol–water partition coefficient (Wildman–Crippen LogP) is 3.90. The highest BCUT2D eigenvalue weighted by atomic mass is 79.9. The number of likely N-dealkylation sites (N-methyl/N-ethyl adjacent to an activating group) is 1. The highest BCUT2D eigenvalue weighted by molar-refractivity contribution is 9.10. The fourth-order valence-electron chi connectivity index (χ4n) is 2.18. The Morgan fingerprint density at radius 2 is 2.20 bits per heavy atom. The molecule has 1 N–H and O–H groups in total. The van der Waals surface area contributed by atoms with Crippen LogP contribution < -0.4 is 5.32 Å². The van der Waals surface area contributed by atoms with Crippen LogP contribution >= 0.6 is 27.5 Å². The summed E-state index contributed by atoms with van der Waals surface area (Å²) in [6.45, 7) is 2.13. The molecule has 1 heterocycles. The van der Waals surface area contributed by atoms with E-state index >= 15 is 0 Å². The lowest BCUT2D eigenvalue weighted by Crippen LogP contribution is -2.19. The van der Waals surface area contributed by atoms with E-state index < -0.39 is 0 Å². The molecule has 108 valence electrons. The smallest absolute Gasteiger partial charge is 0.124 e. The van der Waals surface area contributed by atoms with Crippen molar-refractivity contribution in [3.63, 3.8) is 0 Å². The lowest BCUT2D eigenvalue weighted by molar-refractivity contribution is 0.585. The van der Waals surface area contributed by atoms with Gasteiger partial charge in [0.2, 0.25) is 0 Å². The maximum atomic E-state index is 13.5. The molecule has 0 amide bonds. The van der Waals surface area contributed by atoms with Gasteiger partial charge in [0.05, 0.1) is 10.6 Å². The Morgan fingerprint density at radius 1 is 1.40 bits per heavy atom. The molecule has 0 saturated heterocycles. The van der Waals surface area contributed by atoms with E-state index in [0.29, 0.717) is 6.42 Å². The van der Waals surface area contributed by atoms with Crippen LogP contribution in [0.3, 0.4) is 0 Å². The Labute approximate surface area is 130 Å². The van der Waals surface area contributed by atoms with Crippen LogP contribution in [0.1, 0.15) is 35.5 Å². The Morgan fingerprint density at radius 3 is 2.85 bits per heavy atom. The number of halogens is 2. The van der Waals surface area contributed by atoms with E-state index in [1.165, 1.54) is 17.6 Å². The van der Waals surface area contributed by atoms with Crippen LogP contribution in [0, 0.1) is 5.82 Å². The van der Waals surface area contributed by atoms with Gasteiger partial charge in [0.25, 0.3) is 0 Å². The molecule has 2 rings (SSSR count). The van der Waals surface area contributed by atoms with Crippen molar-refractivity contribution in [3.8, 4) is 0 Å². The van der Waals surface area contributed by atoms with Gasteiger partial charge in [-0.1, -0.05) is 33.8 Å². The quantitative estimate of drug-likeness (QED) is 0.851. The van der Waals surface area contributed by atoms with Gasteiger partial charge in [-0.15, -0.1) is 5.10 Å². The molecule has 1 aromatic heterocycles. The normalized spacial score (nSPS) is 12.6. The molecule has 2 aromatic rings. The molecule has 0 fully saturated rings. The van der Waals surface area contributed by atoms with Gasteiger partial charge in [0.1, 0.15) is 5.82 Å². The zero-order valence-corrected chi connectivity index (χ0v) is 13.9. The van der Waals surface area contributed by atoms with Crippen molar-refractivity contribution in [2.45, 2.75) is 32.2 Å². The second-order valence-electron chi connectivity index (χ2n) is 4.66. The summed E-state index contributed by atoms with van der Waals surface area (Å²) in [5.41, 5.74) is 2.00. The SMILES string of the molecule is CCCc1nnsc1C(Cc1cc(F)cc(Br)c1)NC. The minimum Gasteiger partial charge on any atom is -0.312 e. The van der Waals surface area contributed by atoms with E-state index in [4.69, 9.17) is 0 Å². The van der Waals surface area contributed by atoms with E-state index in [0.717, 1.165) is 33.4 Å². The van der Waals surface area contributed by atoms with Crippen molar-refractivity contribution in [1.82, 2.24) is 14.9 Å². The number of nitrogens with one attached hydrogen (secondary N) is 1. The zero-order valence-electron chi connectivity index (χ0n) is 11.5. The van der Waals surface area contributed by atoms with Gasteiger partial charge in [0.15, 0.2) is 0 Å². The number of rotatable bonds is 6. The summed E-state index contributed by atoms with van der Waals surface area (Å²) in [6, 6.07) is 5.10. The summed E-state index contributed by atoms with van der Waals surface area (Å²) in [5.74, 6) is -0.222. The molecule has 3 nitrogen and oxygen atoms in total. The van der Waals surface area contributed by atoms with Crippen molar-refractivity contribution in [2.24, 2.45) is 0 Å². The van der Waals surface area contributed by atoms with Crippen molar-refractivity contribution in [1.29, 1.82) is 0 Å². The molecule has 0 spiro atoms. The molecule has 1 atom stereocenters. The number of nitrogens with zero attached hydrogens (tertiary/aromatic N) is 2. The Kier molecular flexibility index (Phi) is 5.63. The first-order valence-corrected chi connectivity index (χ1v) is 8.14. The summed E-state index contributed by atoms with van der Waals surface area (Å²) in [4.78, 5) is 1.15. The maximum Gasteiger partial charge on any atom is 0.124 e. The second kappa shape index (κ2) is 7.24. The molecule has 0 aliphatic carbocycles. The molecular weight excluding hydrogens is 341 g/mol. The van der Waals surface area contributed by atoms with E-state index in [2.05, 4.69) is 37.8 Å². The van der Waals surface area contributed by atoms with E-state index in [9.17, 15) is 4.39 Å². The minimum absolute atomic E-state index is 0.116. The van der Waals surface area contributed by atoms with Gasteiger partial charge in [0, 0.05) is 10.5 Å². The third-order valence-corrected chi connectivity index (χ3v) is 4.44.